The third kappa shape index (κ3) is 5.68. The van der Waals surface area contributed by atoms with Gasteiger partial charge in [0, 0.05) is 9.26 Å². The molecule has 6 rings (SSSR count). The van der Waals surface area contributed by atoms with Crippen molar-refractivity contribution in [2.24, 2.45) is 5.92 Å². The summed E-state index contributed by atoms with van der Waals surface area (Å²) < 4.78 is 29.8. The zero-order chi connectivity index (χ0) is 25.2. The number of hydrogen-bond acceptors (Lipinski definition) is 3. The molecule has 0 aliphatic heterocycles. The minimum Gasteiger partial charge on any atom is -0.325 e. The number of carbonyl (C=O) groups is 1. The number of rotatable bonds is 8. The number of benzene rings is 3. The number of anilines is 1. The number of halogens is 1. The Morgan fingerprint density at radius 2 is 1.50 bits per heavy atom. The van der Waals surface area contributed by atoms with Gasteiger partial charge in [0.2, 0.25) is 15.9 Å². The van der Waals surface area contributed by atoms with Crippen molar-refractivity contribution in [3.8, 4) is 0 Å². The maximum absolute atomic E-state index is 13.4. The third-order valence-corrected chi connectivity index (χ3v) is 10.1. The molecule has 0 radical (unpaired) electrons. The first-order chi connectivity index (χ1) is 17.3. The van der Waals surface area contributed by atoms with E-state index in [1.54, 1.807) is 24.3 Å². The van der Waals surface area contributed by atoms with Crippen molar-refractivity contribution in [3.63, 3.8) is 0 Å². The SMILES string of the molecule is O=C(Nc1ccc(C23CCC(CC2)CC3)cc1)[C@H](Cc1ccccc1)NS(=O)(=O)c1ccc(I)cc1. The highest BCUT2D eigenvalue weighted by Crippen LogP contribution is 2.51. The predicted octanol–water partition coefficient (Wildman–Crippen LogP) is 6.04. The van der Waals surface area contributed by atoms with Crippen molar-refractivity contribution in [3.05, 3.63) is 93.6 Å². The van der Waals surface area contributed by atoms with Gasteiger partial charge in [-0.05, 0) is 126 Å². The summed E-state index contributed by atoms with van der Waals surface area (Å²) in [5.41, 5.74) is 3.20. The molecule has 0 spiro atoms. The normalized spacial score (nSPS) is 22.2. The molecule has 0 heterocycles. The second-order valence-electron chi connectivity index (χ2n) is 10.1. The molecule has 0 aromatic heterocycles. The first-order valence-electron chi connectivity index (χ1n) is 12.6. The number of sulfonamides is 1. The Hall–Kier alpha value is -2.23. The number of hydrogen-bond donors (Lipinski definition) is 2. The Labute approximate surface area is 227 Å². The van der Waals surface area contributed by atoms with E-state index in [0.29, 0.717) is 5.69 Å². The number of amides is 1. The predicted molar refractivity (Wildman–Crippen MR) is 151 cm³/mol. The summed E-state index contributed by atoms with van der Waals surface area (Å²) >= 11 is 2.13. The maximum Gasteiger partial charge on any atom is 0.242 e. The lowest BCUT2D eigenvalue weighted by molar-refractivity contribution is -0.117. The standard InChI is InChI=1S/C29H31IN2O3S/c30-24-8-12-26(13-9-24)36(34,35)32-27(20-22-4-2-1-3-5-22)28(33)31-25-10-6-23(7-11-25)29-17-14-21(15-18-29)16-19-29/h1-13,21,27,32H,14-20H2,(H,31,33)/t21?,27-,29?/m0/s1. The molecule has 5 nitrogen and oxygen atoms in total. The molecule has 3 saturated carbocycles. The second-order valence-corrected chi connectivity index (χ2v) is 13.1. The summed E-state index contributed by atoms with van der Waals surface area (Å²) in [5, 5.41) is 2.95. The molecule has 0 unspecified atom stereocenters. The molecule has 188 valence electrons. The molecule has 2 N–H and O–H groups in total. The van der Waals surface area contributed by atoms with Crippen molar-refractivity contribution in [2.45, 2.75) is 61.3 Å². The average Bonchev–Trinajstić information content (AvgIpc) is 2.90. The molecule has 3 fully saturated rings. The lowest BCUT2D eigenvalue weighted by Crippen LogP contribution is -2.45. The molecular weight excluding hydrogens is 583 g/mol. The van der Waals surface area contributed by atoms with Crippen LogP contribution in [0.5, 0.6) is 0 Å². The van der Waals surface area contributed by atoms with Crippen LogP contribution in [0.15, 0.2) is 83.8 Å². The van der Waals surface area contributed by atoms with Crippen molar-refractivity contribution in [1.29, 1.82) is 0 Å². The van der Waals surface area contributed by atoms with E-state index in [2.05, 4.69) is 44.8 Å². The van der Waals surface area contributed by atoms with E-state index >= 15 is 0 Å². The van der Waals surface area contributed by atoms with Gasteiger partial charge in [-0.25, -0.2) is 8.42 Å². The van der Waals surface area contributed by atoms with Crippen LogP contribution in [0, 0.1) is 9.49 Å². The zero-order valence-electron chi connectivity index (χ0n) is 20.1. The lowest BCUT2D eigenvalue weighted by atomic mass is 9.58. The molecule has 7 heteroatoms. The lowest BCUT2D eigenvalue weighted by Gasteiger charge is -2.47. The molecule has 3 aromatic carbocycles. The minimum atomic E-state index is -3.88. The highest BCUT2D eigenvalue weighted by Gasteiger charge is 2.41. The highest BCUT2D eigenvalue weighted by molar-refractivity contribution is 14.1. The van der Waals surface area contributed by atoms with Crippen LogP contribution in [-0.2, 0) is 26.7 Å². The fourth-order valence-electron chi connectivity index (χ4n) is 5.73. The third-order valence-electron chi connectivity index (χ3n) is 7.88. The van der Waals surface area contributed by atoms with Crippen LogP contribution in [0.3, 0.4) is 0 Å². The van der Waals surface area contributed by atoms with Gasteiger partial charge in [-0.3, -0.25) is 4.79 Å². The first-order valence-corrected chi connectivity index (χ1v) is 15.1. The Kier molecular flexibility index (Phi) is 7.51. The summed E-state index contributed by atoms with van der Waals surface area (Å²) in [6, 6.07) is 23.3. The van der Waals surface area contributed by atoms with E-state index in [1.807, 2.05) is 42.5 Å². The molecule has 1 atom stereocenters. The fourth-order valence-corrected chi connectivity index (χ4v) is 7.28. The molecule has 3 aromatic rings. The first kappa shape index (κ1) is 25.4. The van der Waals surface area contributed by atoms with Crippen LogP contribution in [-0.4, -0.2) is 20.4 Å². The van der Waals surface area contributed by atoms with Crippen LogP contribution in [0.25, 0.3) is 0 Å². The summed E-state index contributed by atoms with van der Waals surface area (Å²) in [4.78, 5) is 13.5. The van der Waals surface area contributed by atoms with Crippen molar-refractivity contribution in [2.75, 3.05) is 5.32 Å². The Morgan fingerprint density at radius 1 is 0.889 bits per heavy atom. The van der Waals surface area contributed by atoms with Gasteiger partial charge in [-0.2, -0.15) is 4.72 Å². The molecule has 3 aliphatic carbocycles. The van der Waals surface area contributed by atoms with Gasteiger partial charge in [-0.15, -0.1) is 0 Å². The fraction of sp³-hybridized carbons (Fsp3) is 0.345. The van der Waals surface area contributed by atoms with Gasteiger partial charge >= 0.3 is 0 Å². The molecule has 36 heavy (non-hydrogen) atoms. The van der Waals surface area contributed by atoms with E-state index in [9.17, 15) is 13.2 Å². The van der Waals surface area contributed by atoms with E-state index in [1.165, 1.54) is 44.1 Å². The molecular formula is C29H31IN2O3S. The number of carbonyl (C=O) groups excluding carboxylic acids is 1. The Balaban J connectivity index is 1.33. The summed E-state index contributed by atoms with van der Waals surface area (Å²) in [7, 11) is -3.88. The van der Waals surface area contributed by atoms with Gasteiger partial charge in [0.25, 0.3) is 0 Å². The van der Waals surface area contributed by atoms with Crippen molar-refractivity contribution >= 4 is 44.2 Å². The number of fused-ring (bicyclic) bond motifs is 3. The van der Waals surface area contributed by atoms with Gasteiger partial charge in [0.15, 0.2) is 0 Å². The zero-order valence-corrected chi connectivity index (χ0v) is 23.1. The maximum atomic E-state index is 13.4. The van der Waals surface area contributed by atoms with E-state index in [0.717, 1.165) is 15.1 Å². The summed E-state index contributed by atoms with van der Waals surface area (Å²) in [6.07, 6.45) is 7.97. The van der Waals surface area contributed by atoms with Crippen LogP contribution in [0.4, 0.5) is 5.69 Å². The van der Waals surface area contributed by atoms with Crippen LogP contribution < -0.4 is 10.0 Å². The van der Waals surface area contributed by atoms with Gasteiger partial charge in [-0.1, -0.05) is 42.5 Å². The van der Waals surface area contributed by atoms with Crippen molar-refractivity contribution in [1.82, 2.24) is 4.72 Å². The van der Waals surface area contributed by atoms with E-state index in [-0.39, 0.29) is 22.6 Å². The summed E-state index contributed by atoms with van der Waals surface area (Å²) in [6.45, 7) is 0. The highest BCUT2D eigenvalue weighted by atomic mass is 127. The monoisotopic (exact) mass is 614 g/mol. The van der Waals surface area contributed by atoms with Crippen molar-refractivity contribution < 1.29 is 13.2 Å². The average molecular weight is 615 g/mol. The van der Waals surface area contributed by atoms with E-state index in [4.69, 9.17) is 0 Å². The quantitative estimate of drug-likeness (QED) is 0.304. The topological polar surface area (TPSA) is 75.3 Å². The Morgan fingerprint density at radius 3 is 2.11 bits per heavy atom. The molecule has 3 aliphatic rings. The second kappa shape index (κ2) is 10.6. The largest absolute Gasteiger partial charge is 0.325 e. The molecule has 0 saturated heterocycles. The van der Waals surface area contributed by atoms with E-state index < -0.39 is 16.1 Å². The van der Waals surface area contributed by atoms with Crippen LogP contribution in [0.2, 0.25) is 0 Å². The van der Waals surface area contributed by atoms with Crippen LogP contribution >= 0.6 is 22.6 Å². The molecule has 2 bridgehead atoms. The molecule has 1 amide bonds. The smallest absolute Gasteiger partial charge is 0.242 e. The van der Waals surface area contributed by atoms with Crippen LogP contribution in [0.1, 0.15) is 49.7 Å². The van der Waals surface area contributed by atoms with Gasteiger partial charge in [0.1, 0.15) is 6.04 Å². The number of nitrogens with one attached hydrogen (secondary N) is 2. The minimum absolute atomic E-state index is 0.139. The Bertz CT molecular complexity index is 1290. The van der Waals surface area contributed by atoms with Gasteiger partial charge < -0.3 is 5.32 Å². The summed E-state index contributed by atoms with van der Waals surface area (Å²) in [5.74, 6) is 0.535. The van der Waals surface area contributed by atoms with Gasteiger partial charge in [0.05, 0.1) is 4.90 Å².